The summed E-state index contributed by atoms with van der Waals surface area (Å²) in [4.78, 5) is 22.5. The summed E-state index contributed by atoms with van der Waals surface area (Å²) in [5, 5.41) is 8.78. The summed E-state index contributed by atoms with van der Waals surface area (Å²) in [5.41, 5.74) is 0. The molecular formula is C10H17N3O2S. The summed E-state index contributed by atoms with van der Waals surface area (Å²) >= 11 is 1.17. The van der Waals surface area contributed by atoms with Gasteiger partial charge in [-0.2, -0.15) is 0 Å². The molecule has 2 saturated heterocycles. The first kappa shape index (κ1) is 11.7. The van der Waals surface area contributed by atoms with Gasteiger partial charge in [-0.3, -0.25) is 9.59 Å². The van der Waals surface area contributed by atoms with Crippen molar-refractivity contribution in [1.29, 1.82) is 0 Å². The average Bonchev–Trinajstić information content (AvgIpc) is 2.89. The Morgan fingerprint density at radius 1 is 1.56 bits per heavy atom. The molecule has 2 aliphatic rings. The van der Waals surface area contributed by atoms with Gasteiger partial charge in [-0.25, -0.2) is 0 Å². The molecule has 1 unspecified atom stereocenters. The highest BCUT2D eigenvalue weighted by Gasteiger charge is 2.27. The Hall–Kier alpha value is -0.750. The largest absolute Gasteiger partial charge is 0.354 e. The van der Waals surface area contributed by atoms with E-state index in [1.807, 2.05) is 0 Å². The van der Waals surface area contributed by atoms with E-state index in [0.29, 0.717) is 18.3 Å². The molecule has 16 heavy (non-hydrogen) atoms. The SMILES string of the molecule is O=C1NC(C(=O)NCC[C@H]2CCCN2)CS1. The van der Waals surface area contributed by atoms with Crippen molar-refractivity contribution in [2.24, 2.45) is 0 Å². The zero-order chi connectivity index (χ0) is 11.4. The van der Waals surface area contributed by atoms with Crippen molar-refractivity contribution >= 4 is 22.9 Å². The molecule has 2 rings (SSSR count). The number of thioether (sulfide) groups is 1. The minimum absolute atomic E-state index is 0.0589. The molecule has 0 spiro atoms. The summed E-state index contributed by atoms with van der Waals surface area (Å²) in [6, 6.07) is 0.210. The summed E-state index contributed by atoms with van der Waals surface area (Å²) in [5.74, 6) is 0.489. The Balaban J connectivity index is 1.61. The molecule has 3 N–H and O–H groups in total. The molecule has 2 aliphatic heterocycles. The molecular weight excluding hydrogens is 226 g/mol. The Morgan fingerprint density at radius 2 is 2.44 bits per heavy atom. The Morgan fingerprint density at radius 3 is 3.06 bits per heavy atom. The third kappa shape index (κ3) is 3.12. The van der Waals surface area contributed by atoms with E-state index >= 15 is 0 Å². The highest BCUT2D eigenvalue weighted by atomic mass is 32.2. The fraction of sp³-hybridized carbons (Fsp3) is 0.800. The summed E-state index contributed by atoms with van der Waals surface area (Å²) < 4.78 is 0. The molecule has 2 amide bonds. The molecule has 2 atom stereocenters. The summed E-state index contributed by atoms with van der Waals surface area (Å²) in [6.45, 7) is 1.78. The van der Waals surface area contributed by atoms with Crippen LogP contribution in [0.5, 0.6) is 0 Å². The lowest BCUT2D eigenvalue weighted by molar-refractivity contribution is -0.122. The number of rotatable bonds is 4. The lowest BCUT2D eigenvalue weighted by Gasteiger charge is -2.13. The van der Waals surface area contributed by atoms with Gasteiger partial charge >= 0.3 is 0 Å². The van der Waals surface area contributed by atoms with E-state index in [1.54, 1.807) is 0 Å². The Labute approximate surface area is 99.1 Å². The molecule has 0 aromatic heterocycles. The van der Waals surface area contributed by atoms with Gasteiger partial charge in [0, 0.05) is 18.3 Å². The predicted octanol–water partition coefficient (Wildman–Crippen LogP) is 0.0697. The molecule has 5 nitrogen and oxygen atoms in total. The maximum Gasteiger partial charge on any atom is 0.279 e. The quantitative estimate of drug-likeness (QED) is 0.653. The lowest BCUT2D eigenvalue weighted by atomic mass is 10.1. The molecule has 0 aromatic carbocycles. The van der Waals surface area contributed by atoms with E-state index in [-0.39, 0.29) is 17.2 Å². The minimum Gasteiger partial charge on any atom is -0.354 e. The second kappa shape index (κ2) is 5.54. The van der Waals surface area contributed by atoms with E-state index in [2.05, 4.69) is 16.0 Å². The van der Waals surface area contributed by atoms with Crippen LogP contribution in [0.25, 0.3) is 0 Å². The first-order chi connectivity index (χ1) is 7.75. The van der Waals surface area contributed by atoms with Gasteiger partial charge in [0.15, 0.2) is 0 Å². The van der Waals surface area contributed by atoms with Gasteiger partial charge < -0.3 is 16.0 Å². The van der Waals surface area contributed by atoms with Gasteiger partial charge in [0.05, 0.1) is 0 Å². The molecule has 6 heteroatoms. The van der Waals surface area contributed by atoms with Crippen molar-refractivity contribution in [3.63, 3.8) is 0 Å². The predicted molar refractivity (Wildman–Crippen MR) is 63.4 cm³/mol. The smallest absolute Gasteiger partial charge is 0.279 e. The van der Waals surface area contributed by atoms with E-state index in [9.17, 15) is 9.59 Å². The maximum absolute atomic E-state index is 11.6. The average molecular weight is 243 g/mol. The van der Waals surface area contributed by atoms with Crippen LogP contribution < -0.4 is 16.0 Å². The van der Waals surface area contributed by atoms with Crippen LogP contribution in [0.3, 0.4) is 0 Å². The number of carbonyl (C=O) groups excluding carboxylic acids is 2. The molecule has 0 aliphatic carbocycles. The number of hydrogen-bond acceptors (Lipinski definition) is 4. The Kier molecular flexibility index (Phi) is 4.06. The van der Waals surface area contributed by atoms with Crippen molar-refractivity contribution in [1.82, 2.24) is 16.0 Å². The van der Waals surface area contributed by atoms with E-state index in [0.717, 1.165) is 13.0 Å². The highest BCUT2D eigenvalue weighted by Crippen LogP contribution is 2.13. The lowest BCUT2D eigenvalue weighted by Crippen LogP contribution is -2.43. The fourth-order valence-electron chi connectivity index (χ4n) is 2.02. The Bertz CT molecular complexity index is 279. The second-order valence-electron chi connectivity index (χ2n) is 4.17. The van der Waals surface area contributed by atoms with Crippen LogP contribution in [0, 0.1) is 0 Å². The van der Waals surface area contributed by atoms with E-state index in [1.165, 1.54) is 24.6 Å². The molecule has 2 fully saturated rings. The highest BCUT2D eigenvalue weighted by molar-refractivity contribution is 8.14. The van der Waals surface area contributed by atoms with E-state index < -0.39 is 0 Å². The molecule has 0 aromatic rings. The molecule has 0 radical (unpaired) electrons. The van der Waals surface area contributed by atoms with Crippen LogP contribution in [0.1, 0.15) is 19.3 Å². The number of amides is 2. The van der Waals surface area contributed by atoms with Crippen LogP contribution in [-0.4, -0.2) is 42.1 Å². The van der Waals surface area contributed by atoms with Crippen LogP contribution in [0.2, 0.25) is 0 Å². The summed E-state index contributed by atoms with van der Waals surface area (Å²) in [7, 11) is 0. The van der Waals surface area contributed by atoms with Crippen LogP contribution >= 0.6 is 11.8 Å². The van der Waals surface area contributed by atoms with E-state index in [4.69, 9.17) is 0 Å². The third-order valence-corrected chi connectivity index (χ3v) is 3.82. The van der Waals surface area contributed by atoms with Crippen LogP contribution in [-0.2, 0) is 4.79 Å². The summed E-state index contributed by atoms with van der Waals surface area (Å²) in [6.07, 6.45) is 3.40. The number of hydrogen-bond donors (Lipinski definition) is 3. The topological polar surface area (TPSA) is 70.2 Å². The van der Waals surface area contributed by atoms with Gasteiger partial charge in [-0.1, -0.05) is 11.8 Å². The molecule has 90 valence electrons. The van der Waals surface area contributed by atoms with Gasteiger partial charge in [0.2, 0.25) is 5.91 Å². The van der Waals surface area contributed by atoms with Crippen molar-refractivity contribution in [3.8, 4) is 0 Å². The van der Waals surface area contributed by atoms with Crippen molar-refractivity contribution in [3.05, 3.63) is 0 Å². The second-order valence-corrected chi connectivity index (χ2v) is 5.16. The first-order valence-electron chi connectivity index (χ1n) is 5.70. The fourth-order valence-corrected chi connectivity index (χ4v) is 2.80. The van der Waals surface area contributed by atoms with Gasteiger partial charge in [-0.15, -0.1) is 0 Å². The normalized spacial score (nSPS) is 29.1. The van der Waals surface area contributed by atoms with Crippen LogP contribution in [0.15, 0.2) is 0 Å². The van der Waals surface area contributed by atoms with Crippen molar-refractivity contribution in [2.75, 3.05) is 18.8 Å². The monoisotopic (exact) mass is 243 g/mol. The van der Waals surface area contributed by atoms with Crippen LogP contribution in [0.4, 0.5) is 4.79 Å². The minimum atomic E-state index is -0.339. The van der Waals surface area contributed by atoms with Gasteiger partial charge in [-0.05, 0) is 25.8 Å². The third-order valence-electron chi connectivity index (χ3n) is 2.94. The molecule has 2 heterocycles. The zero-order valence-electron chi connectivity index (χ0n) is 9.12. The number of nitrogens with one attached hydrogen (secondary N) is 3. The van der Waals surface area contributed by atoms with Gasteiger partial charge in [0.25, 0.3) is 5.24 Å². The maximum atomic E-state index is 11.6. The number of carbonyl (C=O) groups is 2. The molecule has 0 saturated carbocycles. The first-order valence-corrected chi connectivity index (χ1v) is 6.68. The standard InChI is InChI=1S/C10H17N3O2S/c14-9(8-6-16-10(15)13-8)12-5-3-7-2-1-4-11-7/h7-8,11H,1-6H2,(H,12,14)(H,13,15)/t7-,8?/m1/s1. The molecule has 0 bridgehead atoms. The van der Waals surface area contributed by atoms with Crippen molar-refractivity contribution < 1.29 is 9.59 Å². The zero-order valence-corrected chi connectivity index (χ0v) is 9.94. The van der Waals surface area contributed by atoms with Gasteiger partial charge in [0.1, 0.15) is 6.04 Å². The van der Waals surface area contributed by atoms with Crippen molar-refractivity contribution in [2.45, 2.75) is 31.3 Å².